The van der Waals surface area contributed by atoms with E-state index in [0.717, 1.165) is 60.3 Å². The Morgan fingerprint density at radius 3 is 2.28 bits per heavy atom. The fraction of sp³-hybridized carbons (Fsp3) is 0.385. The fourth-order valence-electron chi connectivity index (χ4n) is 4.33. The Bertz CT molecular complexity index is 997. The van der Waals surface area contributed by atoms with Crippen LogP contribution in [0.3, 0.4) is 0 Å². The second-order valence-corrected chi connectivity index (χ2v) is 9.40. The van der Waals surface area contributed by atoms with E-state index in [1.54, 1.807) is 11.8 Å². The number of ether oxygens (including phenoxy) is 2. The van der Waals surface area contributed by atoms with Crippen molar-refractivity contribution in [3.05, 3.63) is 66.5 Å². The van der Waals surface area contributed by atoms with Crippen LogP contribution in [0.1, 0.15) is 31.2 Å². The summed E-state index contributed by atoms with van der Waals surface area (Å²) in [6.45, 7) is 2.76. The van der Waals surface area contributed by atoms with Crippen molar-refractivity contribution >= 4 is 11.8 Å². The van der Waals surface area contributed by atoms with E-state index in [-0.39, 0.29) is 6.10 Å². The number of thioether (sulfide) groups is 1. The molecular weight excluding hydrogens is 418 g/mol. The number of pyridine rings is 2. The number of rotatable bonds is 8. The minimum atomic E-state index is 0.237. The zero-order valence-corrected chi connectivity index (χ0v) is 19.3. The first kappa shape index (κ1) is 21.3. The lowest BCUT2D eigenvalue weighted by molar-refractivity contribution is 0.0145. The van der Waals surface area contributed by atoms with Gasteiger partial charge in [0.15, 0.2) is 0 Å². The van der Waals surface area contributed by atoms with Crippen molar-refractivity contribution in [1.29, 1.82) is 0 Å². The van der Waals surface area contributed by atoms with E-state index in [9.17, 15) is 0 Å². The molecule has 1 aliphatic heterocycles. The Hall–Kier alpha value is -2.57. The zero-order chi connectivity index (χ0) is 21.8. The quantitative estimate of drug-likeness (QED) is 0.428. The molecule has 0 atom stereocenters. The largest absolute Gasteiger partial charge is 0.488 e. The summed E-state index contributed by atoms with van der Waals surface area (Å²) in [4.78, 5) is 11.3. The summed E-state index contributed by atoms with van der Waals surface area (Å²) >= 11 is 1.65. The summed E-state index contributed by atoms with van der Waals surface area (Å²) < 4.78 is 12.1. The molecule has 32 heavy (non-hydrogen) atoms. The molecular formula is C26H29N3O2S. The molecule has 1 saturated heterocycles. The van der Waals surface area contributed by atoms with Crippen LogP contribution in [0.15, 0.2) is 66.0 Å². The third-order valence-corrected chi connectivity index (χ3v) is 6.81. The molecule has 0 unspecified atom stereocenters. The Kier molecular flexibility index (Phi) is 6.60. The van der Waals surface area contributed by atoms with Crippen molar-refractivity contribution in [3.8, 4) is 22.8 Å². The van der Waals surface area contributed by atoms with Gasteiger partial charge in [-0.3, -0.25) is 4.90 Å². The van der Waals surface area contributed by atoms with E-state index in [1.807, 2.05) is 36.8 Å². The Labute approximate surface area is 194 Å². The average Bonchev–Trinajstić information content (AvgIpc) is 3.32. The molecule has 3 heterocycles. The number of aromatic nitrogens is 2. The van der Waals surface area contributed by atoms with Crippen LogP contribution in [0.2, 0.25) is 0 Å². The molecule has 5 nitrogen and oxygen atoms in total. The number of hydrogen-bond acceptors (Lipinski definition) is 6. The first-order valence-corrected chi connectivity index (χ1v) is 12.6. The lowest BCUT2D eigenvalue weighted by Gasteiger charge is -2.39. The van der Waals surface area contributed by atoms with Gasteiger partial charge in [0.25, 0.3) is 0 Å². The highest BCUT2D eigenvalue weighted by molar-refractivity contribution is 7.98. The molecule has 5 rings (SSSR count). The zero-order valence-electron chi connectivity index (χ0n) is 18.4. The van der Waals surface area contributed by atoms with E-state index < -0.39 is 0 Å². The van der Waals surface area contributed by atoms with Gasteiger partial charge in [-0.05, 0) is 61.3 Å². The number of nitrogens with zero attached hydrogens (tertiary/aromatic N) is 3. The van der Waals surface area contributed by atoms with E-state index in [2.05, 4.69) is 45.2 Å². The van der Waals surface area contributed by atoms with E-state index in [0.29, 0.717) is 6.10 Å². The summed E-state index contributed by atoms with van der Waals surface area (Å²) in [6.07, 6.45) is 11.4. The molecule has 0 radical (unpaired) electrons. The maximum Gasteiger partial charge on any atom is 0.213 e. The summed E-state index contributed by atoms with van der Waals surface area (Å²) in [7, 11) is 0. The highest BCUT2D eigenvalue weighted by Gasteiger charge is 2.28. The second kappa shape index (κ2) is 9.92. The van der Waals surface area contributed by atoms with Gasteiger partial charge in [-0.1, -0.05) is 24.3 Å². The van der Waals surface area contributed by atoms with Gasteiger partial charge in [0.1, 0.15) is 18.0 Å². The highest BCUT2D eigenvalue weighted by atomic mass is 32.2. The maximum absolute atomic E-state index is 6.14. The van der Waals surface area contributed by atoms with Crippen LogP contribution in [-0.4, -0.2) is 46.4 Å². The summed E-state index contributed by atoms with van der Waals surface area (Å²) in [5.41, 5.74) is 3.49. The molecule has 1 aliphatic carbocycles. The maximum atomic E-state index is 6.14. The third kappa shape index (κ3) is 5.25. The van der Waals surface area contributed by atoms with Crippen LogP contribution in [0.25, 0.3) is 11.1 Å². The average molecular weight is 448 g/mol. The van der Waals surface area contributed by atoms with Gasteiger partial charge in [0, 0.05) is 43.7 Å². The summed E-state index contributed by atoms with van der Waals surface area (Å²) in [5, 5.41) is 1.03. The first-order valence-electron chi connectivity index (χ1n) is 11.4. The van der Waals surface area contributed by atoms with E-state index in [1.165, 1.54) is 18.4 Å². The van der Waals surface area contributed by atoms with Crippen molar-refractivity contribution in [2.24, 2.45) is 0 Å². The lowest BCUT2D eigenvalue weighted by atomic mass is 10.1. The topological polar surface area (TPSA) is 47.5 Å². The molecule has 3 aromatic rings. The molecule has 2 fully saturated rings. The monoisotopic (exact) mass is 447 g/mol. The second-order valence-electron chi connectivity index (χ2n) is 8.58. The predicted octanol–water partition coefficient (Wildman–Crippen LogP) is 5.45. The van der Waals surface area contributed by atoms with Crippen molar-refractivity contribution in [3.63, 3.8) is 0 Å². The molecule has 1 saturated carbocycles. The van der Waals surface area contributed by atoms with Crippen LogP contribution < -0.4 is 9.47 Å². The number of benzene rings is 1. The number of hydrogen-bond donors (Lipinski definition) is 0. The predicted molar refractivity (Wildman–Crippen MR) is 128 cm³/mol. The van der Waals surface area contributed by atoms with Gasteiger partial charge in [-0.25, -0.2) is 9.97 Å². The fourth-order valence-corrected chi connectivity index (χ4v) is 4.69. The Balaban J connectivity index is 1.07. The van der Waals surface area contributed by atoms with Crippen molar-refractivity contribution < 1.29 is 9.47 Å². The standard InChI is InChI=1S/C26H29N3O2S/c1-32-26-13-9-21(15-28-26)20-7-10-23(11-8-20)30-24-17-29(18-24)16-19-6-12-25(27-14-19)31-22-4-2-3-5-22/h6-15,22,24H,2-5,16-18H2,1H3. The van der Waals surface area contributed by atoms with Gasteiger partial charge in [-0.2, -0.15) is 0 Å². The Morgan fingerprint density at radius 2 is 1.62 bits per heavy atom. The molecule has 1 aromatic carbocycles. The van der Waals surface area contributed by atoms with Crippen LogP contribution in [-0.2, 0) is 6.54 Å². The normalized spacial score (nSPS) is 17.3. The van der Waals surface area contributed by atoms with Gasteiger partial charge in [0.05, 0.1) is 5.03 Å². The van der Waals surface area contributed by atoms with E-state index >= 15 is 0 Å². The molecule has 0 spiro atoms. The van der Waals surface area contributed by atoms with Crippen molar-refractivity contribution in [2.45, 2.75) is 49.5 Å². The molecule has 0 amide bonds. The SMILES string of the molecule is CSc1ccc(-c2ccc(OC3CN(Cc4ccc(OC5CCCC5)nc4)C3)cc2)cn1. The number of likely N-dealkylation sites (tertiary alicyclic amines) is 1. The van der Waals surface area contributed by atoms with Gasteiger partial charge >= 0.3 is 0 Å². The van der Waals surface area contributed by atoms with Crippen molar-refractivity contribution in [2.75, 3.05) is 19.3 Å². The van der Waals surface area contributed by atoms with Gasteiger partial charge in [-0.15, -0.1) is 11.8 Å². The first-order chi connectivity index (χ1) is 15.7. The minimum Gasteiger partial charge on any atom is -0.488 e. The summed E-state index contributed by atoms with van der Waals surface area (Å²) in [6, 6.07) is 16.6. The molecule has 2 aliphatic rings. The highest BCUT2D eigenvalue weighted by Crippen LogP contribution is 2.26. The minimum absolute atomic E-state index is 0.237. The molecule has 166 valence electrons. The van der Waals surface area contributed by atoms with Crippen LogP contribution in [0.5, 0.6) is 11.6 Å². The third-order valence-electron chi connectivity index (χ3n) is 6.15. The van der Waals surface area contributed by atoms with Crippen LogP contribution >= 0.6 is 11.8 Å². The van der Waals surface area contributed by atoms with Crippen LogP contribution in [0, 0.1) is 0 Å². The van der Waals surface area contributed by atoms with E-state index in [4.69, 9.17) is 9.47 Å². The smallest absolute Gasteiger partial charge is 0.213 e. The summed E-state index contributed by atoms with van der Waals surface area (Å²) in [5.74, 6) is 1.67. The van der Waals surface area contributed by atoms with Gasteiger partial charge in [0.2, 0.25) is 5.88 Å². The molecule has 0 N–H and O–H groups in total. The Morgan fingerprint density at radius 1 is 0.844 bits per heavy atom. The van der Waals surface area contributed by atoms with Gasteiger partial charge < -0.3 is 9.47 Å². The molecule has 0 bridgehead atoms. The lowest BCUT2D eigenvalue weighted by Crippen LogP contribution is -2.53. The molecule has 2 aromatic heterocycles. The van der Waals surface area contributed by atoms with Crippen molar-refractivity contribution in [1.82, 2.24) is 14.9 Å². The molecule has 6 heteroatoms. The van der Waals surface area contributed by atoms with Crippen LogP contribution in [0.4, 0.5) is 0 Å².